The molecule has 1 heterocycles. The zero-order valence-electron chi connectivity index (χ0n) is 17.0. The quantitative estimate of drug-likeness (QED) is 0.705. The van der Waals surface area contributed by atoms with Gasteiger partial charge in [-0.3, -0.25) is 0 Å². The van der Waals surface area contributed by atoms with E-state index in [0.29, 0.717) is 5.56 Å². The maximum absolute atomic E-state index is 7.56. The van der Waals surface area contributed by atoms with E-state index in [1.165, 1.54) is 11.1 Å². The summed E-state index contributed by atoms with van der Waals surface area (Å²) in [4.78, 5) is 0. The second-order valence-electron chi connectivity index (χ2n) is 7.24. The molecule has 112 valence electrons. The molecular weight excluding hydrogens is 254 g/mol. The van der Waals surface area contributed by atoms with E-state index in [-0.39, 0.29) is 5.41 Å². The second-order valence-corrected chi connectivity index (χ2v) is 7.24. The van der Waals surface area contributed by atoms with Gasteiger partial charge in [0.2, 0.25) is 5.69 Å². The fourth-order valence-electron chi connectivity index (χ4n) is 2.78. The minimum absolute atomic E-state index is 0.247. The van der Waals surface area contributed by atoms with Crippen LogP contribution in [-0.2, 0) is 13.5 Å². The van der Waals surface area contributed by atoms with Gasteiger partial charge in [-0.25, -0.2) is 4.57 Å². The first-order valence-corrected chi connectivity index (χ1v) is 7.49. The van der Waals surface area contributed by atoms with Gasteiger partial charge in [-0.15, -0.1) is 0 Å². The highest BCUT2D eigenvalue weighted by Gasteiger charge is 2.19. The molecule has 1 aromatic carbocycles. The maximum Gasteiger partial charge on any atom is 0.212 e. The molecule has 0 unspecified atom stereocenters. The molecule has 0 saturated heterocycles. The molecule has 0 fully saturated rings. The van der Waals surface area contributed by atoms with Crippen molar-refractivity contribution >= 4 is 0 Å². The zero-order valence-corrected chi connectivity index (χ0v) is 14.0. The van der Waals surface area contributed by atoms with Crippen LogP contribution in [0.25, 0.3) is 11.3 Å². The van der Waals surface area contributed by atoms with E-state index in [1.807, 2.05) is 13.0 Å². The number of aromatic nitrogens is 1. The Morgan fingerprint density at radius 3 is 2.38 bits per heavy atom. The average molecular weight is 285 g/mol. The van der Waals surface area contributed by atoms with Crippen LogP contribution in [0.4, 0.5) is 0 Å². The summed E-state index contributed by atoms with van der Waals surface area (Å²) in [6.07, 6.45) is 3.23. The Hall–Kier alpha value is -1.63. The van der Waals surface area contributed by atoms with Gasteiger partial charge in [0.15, 0.2) is 6.20 Å². The Morgan fingerprint density at radius 2 is 1.81 bits per heavy atom. The molecule has 0 saturated carbocycles. The fraction of sp³-hybridized carbons (Fsp3) is 0.450. The smallest absolute Gasteiger partial charge is 0.201 e. The van der Waals surface area contributed by atoms with Crippen molar-refractivity contribution in [3.8, 4) is 11.3 Å². The van der Waals surface area contributed by atoms with Gasteiger partial charge in [0.25, 0.3) is 0 Å². The topological polar surface area (TPSA) is 3.88 Å². The van der Waals surface area contributed by atoms with Crippen LogP contribution in [0, 0.1) is 26.1 Å². The number of nitrogens with zero attached hydrogens (tertiary/aromatic N) is 1. The molecule has 0 radical (unpaired) electrons. The average Bonchev–Trinajstić information content (AvgIpc) is 2.40. The molecule has 0 N–H and O–H groups in total. The van der Waals surface area contributed by atoms with Crippen molar-refractivity contribution in [3.63, 3.8) is 0 Å². The molecule has 0 aliphatic rings. The molecular formula is C20H28N+. The lowest BCUT2D eigenvalue weighted by atomic mass is 9.87. The molecule has 0 aliphatic heterocycles. The van der Waals surface area contributed by atoms with Crippen LogP contribution in [0.5, 0.6) is 0 Å². The molecule has 21 heavy (non-hydrogen) atoms. The van der Waals surface area contributed by atoms with Crippen LogP contribution < -0.4 is 4.57 Å². The lowest BCUT2D eigenvalue weighted by Crippen LogP contribution is -2.32. The highest BCUT2D eigenvalue weighted by Crippen LogP contribution is 2.26. The molecule has 2 rings (SSSR count). The van der Waals surface area contributed by atoms with Crippen LogP contribution in [-0.4, -0.2) is 0 Å². The molecule has 1 heteroatoms. The highest BCUT2D eigenvalue weighted by molar-refractivity contribution is 5.62. The first-order valence-electron chi connectivity index (χ1n) is 8.99. The van der Waals surface area contributed by atoms with E-state index in [9.17, 15) is 0 Å². The van der Waals surface area contributed by atoms with E-state index in [2.05, 4.69) is 51.6 Å². The van der Waals surface area contributed by atoms with E-state index in [0.717, 1.165) is 23.2 Å². The Morgan fingerprint density at radius 1 is 1.10 bits per heavy atom. The van der Waals surface area contributed by atoms with Crippen LogP contribution in [0.2, 0.25) is 0 Å². The third kappa shape index (κ3) is 3.72. The fourth-order valence-corrected chi connectivity index (χ4v) is 2.78. The summed E-state index contributed by atoms with van der Waals surface area (Å²) in [5.74, 6) is 0. The van der Waals surface area contributed by atoms with Crippen molar-refractivity contribution < 1.29 is 8.68 Å². The molecule has 0 bridgehead atoms. The van der Waals surface area contributed by atoms with Gasteiger partial charge < -0.3 is 0 Å². The summed E-state index contributed by atoms with van der Waals surface area (Å²) in [5.41, 5.74) is 6.45. The third-order valence-electron chi connectivity index (χ3n) is 3.81. The second kappa shape index (κ2) is 5.63. The van der Waals surface area contributed by atoms with E-state index in [4.69, 9.17) is 4.11 Å². The first-order chi connectivity index (χ1) is 10.9. The Balaban J connectivity index is 2.49. The molecule has 0 amide bonds. The van der Waals surface area contributed by atoms with Gasteiger partial charge in [-0.1, -0.05) is 38.5 Å². The molecule has 2 aromatic rings. The Bertz CT molecular complexity index is 753. The largest absolute Gasteiger partial charge is 0.212 e. The summed E-state index contributed by atoms with van der Waals surface area (Å²) < 4.78 is 24.8. The molecule has 0 spiro atoms. The summed E-state index contributed by atoms with van der Waals surface area (Å²) >= 11 is 0. The van der Waals surface area contributed by atoms with Crippen molar-refractivity contribution in [2.24, 2.45) is 12.5 Å². The van der Waals surface area contributed by atoms with Crippen LogP contribution >= 0.6 is 0 Å². The Labute approximate surface area is 133 Å². The minimum Gasteiger partial charge on any atom is -0.201 e. The van der Waals surface area contributed by atoms with Gasteiger partial charge in [0, 0.05) is 21.3 Å². The minimum atomic E-state index is -2.06. The van der Waals surface area contributed by atoms with Gasteiger partial charge in [-0.2, -0.15) is 0 Å². The summed E-state index contributed by atoms with van der Waals surface area (Å²) in [7, 11) is 2.05. The molecule has 0 aliphatic carbocycles. The van der Waals surface area contributed by atoms with Crippen LogP contribution in [0.15, 0.2) is 30.5 Å². The number of benzene rings is 1. The summed E-state index contributed by atoms with van der Waals surface area (Å²) in [6, 6.07) is 7.63. The third-order valence-corrected chi connectivity index (χ3v) is 3.81. The van der Waals surface area contributed by atoms with Crippen molar-refractivity contribution in [1.82, 2.24) is 0 Å². The first kappa shape index (κ1) is 12.0. The monoisotopic (exact) mass is 285 g/mol. The standard InChI is InChI=1S/C20H28N/c1-14-8-9-18(16(3)10-14)19-11-15(2)17(13-21(19)7)12-20(4,5)6/h8-11,13H,12H2,1-7H3/q+1/i1D3. The van der Waals surface area contributed by atoms with Gasteiger partial charge in [-0.05, 0) is 49.7 Å². The highest BCUT2D eigenvalue weighted by atomic mass is 14.9. The lowest BCUT2D eigenvalue weighted by Gasteiger charge is -2.19. The van der Waals surface area contributed by atoms with Crippen molar-refractivity contribution in [2.75, 3.05) is 0 Å². The SMILES string of the molecule is [2H]C([2H])([2H])c1ccc(-c2cc(C)c(CC(C)(C)C)c[n+]2C)c(C)c1. The van der Waals surface area contributed by atoms with Crippen LogP contribution in [0.3, 0.4) is 0 Å². The number of hydrogen-bond acceptors (Lipinski definition) is 0. The normalized spacial score (nSPS) is 14.5. The van der Waals surface area contributed by atoms with Crippen molar-refractivity contribution in [1.29, 1.82) is 0 Å². The number of aryl methyl sites for hydroxylation is 4. The molecule has 0 atom stereocenters. The predicted molar refractivity (Wildman–Crippen MR) is 90.4 cm³/mol. The van der Waals surface area contributed by atoms with E-state index >= 15 is 0 Å². The number of hydrogen-bond donors (Lipinski definition) is 0. The van der Waals surface area contributed by atoms with Gasteiger partial charge >= 0.3 is 0 Å². The zero-order chi connectivity index (χ0) is 18.3. The summed E-state index contributed by atoms with van der Waals surface area (Å²) in [6.45, 7) is 8.81. The lowest BCUT2D eigenvalue weighted by molar-refractivity contribution is -0.660. The van der Waals surface area contributed by atoms with Gasteiger partial charge in [0.05, 0.1) is 0 Å². The number of pyridine rings is 1. The predicted octanol–water partition coefficient (Wildman–Crippen LogP) is 4.69. The molecule has 1 aromatic heterocycles. The van der Waals surface area contributed by atoms with Gasteiger partial charge in [0.1, 0.15) is 7.05 Å². The van der Waals surface area contributed by atoms with E-state index < -0.39 is 6.85 Å². The molecule has 1 nitrogen and oxygen atoms in total. The van der Waals surface area contributed by atoms with Crippen molar-refractivity contribution in [3.05, 3.63) is 52.7 Å². The number of rotatable bonds is 2. The maximum atomic E-state index is 7.56. The van der Waals surface area contributed by atoms with E-state index in [1.54, 1.807) is 12.1 Å². The van der Waals surface area contributed by atoms with Crippen LogP contribution in [0.1, 0.15) is 47.1 Å². The summed E-state index contributed by atoms with van der Waals surface area (Å²) in [5, 5.41) is 0. The van der Waals surface area contributed by atoms with Crippen molar-refractivity contribution in [2.45, 2.75) is 47.9 Å². The Kier molecular flexibility index (Phi) is 3.21.